The van der Waals surface area contributed by atoms with Crippen molar-refractivity contribution < 1.29 is 13.9 Å². The first-order valence-electron chi connectivity index (χ1n) is 5.04. The summed E-state index contributed by atoms with van der Waals surface area (Å²) in [5, 5.41) is 2.69. The van der Waals surface area contributed by atoms with E-state index in [0.29, 0.717) is 16.8 Å². The number of hydrogen-bond donors (Lipinski definition) is 1. The number of carbonyl (C=O) groups excluding carboxylic acids is 1. The minimum atomic E-state index is -0.371. The van der Waals surface area contributed by atoms with Gasteiger partial charge in [-0.05, 0) is 47.0 Å². The highest BCUT2D eigenvalue weighted by atomic mass is 79.9. The number of hydrogen-bond acceptors (Lipinski definition) is 2. The van der Waals surface area contributed by atoms with E-state index in [4.69, 9.17) is 4.74 Å². The molecule has 3 nitrogen and oxygen atoms in total. The summed E-state index contributed by atoms with van der Waals surface area (Å²) >= 11 is 3.06. The quantitative estimate of drug-likeness (QED) is 0.908. The average molecular weight is 288 g/mol. The maximum atomic E-state index is 13.0. The fraction of sp³-hybridized carbons (Fsp3) is 0.364. The van der Waals surface area contributed by atoms with Crippen molar-refractivity contribution in [1.82, 2.24) is 0 Å². The molecule has 1 aliphatic rings. The van der Waals surface area contributed by atoms with Crippen LogP contribution in [0.1, 0.15) is 12.8 Å². The van der Waals surface area contributed by atoms with Crippen molar-refractivity contribution in [2.75, 3.05) is 11.9 Å². The number of rotatable bonds is 2. The van der Waals surface area contributed by atoms with Gasteiger partial charge in [0.25, 0.3) is 5.91 Å². The molecule has 1 amide bonds. The summed E-state index contributed by atoms with van der Waals surface area (Å²) in [7, 11) is 0. The molecule has 1 aliphatic heterocycles. The van der Waals surface area contributed by atoms with Gasteiger partial charge in [0, 0.05) is 12.3 Å². The molecule has 1 saturated heterocycles. The average Bonchev–Trinajstić information content (AvgIpc) is 2.77. The maximum absolute atomic E-state index is 13.0. The van der Waals surface area contributed by atoms with Crippen LogP contribution in [0.4, 0.5) is 10.1 Å². The summed E-state index contributed by atoms with van der Waals surface area (Å²) in [6, 6.07) is 4.35. The van der Waals surface area contributed by atoms with Gasteiger partial charge in [-0.25, -0.2) is 4.39 Å². The fourth-order valence-electron chi connectivity index (χ4n) is 1.58. The Hall–Kier alpha value is -0.940. The van der Waals surface area contributed by atoms with E-state index < -0.39 is 0 Å². The first kappa shape index (κ1) is 11.5. The summed E-state index contributed by atoms with van der Waals surface area (Å²) in [5.74, 6) is -0.522. The highest BCUT2D eigenvalue weighted by molar-refractivity contribution is 9.10. The highest BCUT2D eigenvalue weighted by Gasteiger charge is 2.23. The number of benzene rings is 1. The number of nitrogens with one attached hydrogen (secondary N) is 1. The second-order valence-corrected chi connectivity index (χ2v) is 4.47. The van der Waals surface area contributed by atoms with Gasteiger partial charge >= 0.3 is 0 Å². The number of anilines is 1. The molecule has 5 heteroatoms. The Morgan fingerprint density at radius 2 is 2.38 bits per heavy atom. The van der Waals surface area contributed by atoms with Crippen LogP contribution >= 0.6 is 15.9 Å². The smallest absolute Gasteiger partial charge is 0.253 e. The number of amides is 1. The van der Waals surface area contributed by atoms with E-state index in [9.17, 15) is 9.18 Å². The Bertz CT molecular complexity index is 405. The Balaban J connectivity index is 2.02. The first-order chi connectivity index (χ1) is 7.66. The van der Waals surface area contributed by atoms with Gasteiger partial charge in [0.1, 0.15) is 11.9 Å². The van der Waals surface area contributed by atoms with Crippen LogP contribution in [0.25, 0.3) is 0 Å². The number of ether oxygens (including phenoxy) is 1. The van der Waals surface area contributed by atoms with Crippen LogP contribution in [0.15, 0.2) is 22.7 Å². The lowest BCUT2D eigenvalue weighted by Crippen LogP contribution is -2.26. The Morgan fingerprint density at radius 1 is 1.56 bits per heavy atom. The van der Waals surface area contributed by atoms with Crippen LogP contribution in [0.5, 0.6) is 0 Å². The monoisotopic (exact) mass is 287 g/mol. The molecule has 1 heterocycles. The lowest BCUT2D eigenvalue weighted by atomic mass is 10.2. The molecule has 0 unspecified atom stereocenters. The van der Waals surface area contributed by atoms with Gasteiger partial charge in [-0.1, -0.05) is 0 Å². The summed E-state index contributed by atoms with van der Waals surface area (Å²) in [5.41, 5.74) is 0.564. The van der Waals surface area contributed by atoms with Gasteiger partial charge < -0.3 is 10.1 Å². The molecule has 0 aliphatic carbocycles. The van der Waals surface area contributed by atoms with Crippen molar-refractivity contribution in [3.8, 4) is 0 Å². The molecule has 1 aromatic carbocycles. The van der Waals surface area contributed by atoms with Crippen LogP contribution in [-0.2, 0) is 9.53 Å². The third-order valence-electron chi connectivity index (χ3n) is 2.41. The lowest BCUT2D eigenvalue weighted by molar-refractivity contribution is -0.124. The van der Waals surface area contributed by atoms with Crippen molar-refractivity contribution >= 4 is 27.5 Å². The molecule has 86 valence electrons. The van der Waals surface area contributed by atoms with E-state index >= 15 is 0 Å². The Kier molecular flexibility index (Phi) is 3.56. The second kappa shape index (κ2) is 4.93. The van der Waals surface area contributed by atoms with E-state index in [-0.39, 0.29) is 17.8 Å². The lowest BCUT2D eigenvalue weighted by Gasteiger charge is -2.10. The number of carbonyl (C=O) groups is 1. The molecular formula is C11H11BrFNO2. The molecule has 1 fully saturated rings. The fourth-order valence-corrected chi connectivity index (χ4v) is 1.96. The molecule has 0 saturated carbocycles. The third kappa shape index (κ3) is 2.59. The molecule has 2 rings (SSSR count). The first-order valence-corrected chi connectivity index (χ1v) is 5.83. The summed E-state index contributed by atoms with van der Waals surface area (Å²) in [4.78, 5) is 11.7. The zero-order valence-corrected chi connectivity index (χ0v) is 10.1. The van der Waals surface area contributed by atoms with Crippen LogP contribution in [0.3, 0.4) is 0 Å². The highest BCUT2D eigenvalue weighted by Crippen LogP contribution is 2.21. The van der Waals surface area contributed by atoms with Crippen LogP contribution < -0.4 is 5.32 Å². The molecule has 0 spiro atoms. The molecule has 16 heavy (non-hydrogen) atoms. The predicted octanol–water partition coefficient (Wildman–Crippen LogP) is 2.71. The number of halogens is 2. The van der Waals surface area contributed by atoms with Crippen LogP contribution in [-0.4, -0.2) is 18.6 Å². The van der Waals surface area contributed by atoms with Crippen molar-refractivity contribution in [2.45, 2.75) is 18.9 Å². The second-order valence-electron chi connectivity index (χ2n) is 3.62. The van der Waals surface area contributed by atoms with Gasteiger partial charge in [-0.15, -0.1) is 0 Å². The van der Waals surface area contributed by atoms with Crippen LogP contribution in [0.2, 0.25) is 0 Å². The predicted molar refractivity (Wildman–Crippen MR) is 61.7 cm³/mol. The van der Waals surface area contributed by atoms with Crippen LogP contribution in [0, 0.1) is 5.82 Å². The topological polar surface area (TPSA) is 38.3 Å². The van der Waals surface area contributed by atoms with Gasteiger partial charge in [-0.3, -0.25) is 4.79 Å². The summed E-state index contributed by atoms with van der Waals surface area (Å²) in [6.45, 7) is 0.630. The van der Waals surface area contributed by atoms with Gasteiger partial charge in [-0.2, -0.15) is 0 Å². The van der Waals surface area contributed by atoms with Crippen molar-refractivity contribution in [3.63, 3.8) is 0 Å². The zero-order chi connectivity index (χ0) is 11.5. The molecular weight excluding hydrogens is 277 g/mol. The third-order valence-corrected chi connectivity index (χ3v) is 3.02. The standard InChI is InChI=1S/C11H11BrFNO2/c12-8-6-7(3-4-9(8)13)14-11(15)10-2-1-5-16-10/h3-4,6,10H,1-2,5H2,(H,14,15)/t10-/m1/s1. The molecule has 1 N–H and O–H groups in total. The van der Waals surface area contributed by atoms with E-state index in [2.05, 4.69) is 21.2 Å². The van der Waals surface area contributed by atoms with Gasteiger partial charge in [0.05, 0.1) is 4.47 Å². The minimum absolute atomic E-state index is 0.170. The molecule has 1 aromatic rings. The van der Waals surface area contributed by atoms with Gasteiger partial charge in [0.15, 0.2) is 0 Å². The molecule has 0 bridgehead atoms. The van der Waals surface area contributed by atoms with Gasteiger partial charge in [0.2, 0.25) is 0 Å². The van der Waals surface area contributed by atoms with Crippen molar-refractivity contribution in [1.29, 1.82) is 0 Å². The normalized spacial score (nSPS) is 19.8. The molecule has 0 aromatic heterocycles. The van der Waals surface area contributed by atoms with E-state index in [1.807, 2.05) is 0 Å². The van der Waals surface area contributed by atoms with E-state index in [1.54, 1.807) is 0 Å². The zero-order valence-electron chi connectivity index (χ0n) is 8.50. The van der Waals surface area contributed by atoms with Crippen molar-refractivity contribution in [2.24, 2.45) is 0 Å². The van der Waals surface area contributed by atoms with Crippen molar-refractivity contribution in [3.05, 3.63) is 28.5 Å². The Morgan fingerprint density at radius 3 is 3.00 bits per heavy atom. The minimum Gasteiger partial charge on any atom is -0.368 e. The Labute approximate surface area is 101 Å². The molecule has 1 atom stereocenters. The summed E-state index contributed by atoms with van der Waals surface area (Å²) < 4.78 is 18.5. The summed E-state index contributed by atoms with van der Waals surface area (Å²) in [6.07, 6.45) is 1.28. The largest absolute Gasteiger partial charge is 0.368 e. The molecule has 0 radical (unpaired) electrons. The maximum Gasteiger partial charge on any atom is 0.253 e. The van der Waals surface area contributed by atoms with E-state index in [0.717, 1.165) is 12.8 Å². The SMILES string of the molecule is O=C(Nc1ccc(F)c(Br)c1)[C@H]1CCCO1. The van der Waals surface area contributed by atoms with E-state index in [1.165, 1.54) is 18.2 Å².